The van der Waals surface area contributed by atoms with E-state index in [9.17, 15) is 9.90 Å². The second-order valence-corrected chi connectivity index (χ2v) is 6.54. The van der Waals surface area contributed by atoms with Crippen molar-refractivity contribution in [2.24, 2.45) is 11.3 Å². The number of carbonyl (C=O) groups excluding carboxylic acids is 1. The van der Waals surface area contributed by atoms with E-state index in [-0.39, 0.29) is 17.9 Å². The Morgan fingerprint density at radius 1 is 1.32 bits per heavy atom. The van der Waals surface area contributed by atoms with E-state index in [2.05, 4.69) is 34.3 Å². The van der Waals surface area contributed by atoms with E-state index in [1.165, 1.54) is 0 Å². The summed E-state index contributed by atoms with van der Waals surface area (Å²) in [4.78, 5) is 11.4. The number of aliphatic hydroxyl groups is 1. The summed E-state index contributed by atoms with van der Waals surface area (Å²) in [6.45, 7) is 15.5. The number of hydrogen-bond acceptors (Lipinski definition) is 3. The molecule has 0 amide bonds. The molecule has 0 aromatic heterocycles. The molecule has 2 unspecified atom stereocenters. The maximum absolute atomic E-state index is 11.4. The van der Waals surface area contributed by atoms with Crippen molar-refractivity contribution in [1.29, 1.82) is 0 Å². The van der Waals surface area contributed by atoms with Gasteiger partial charge in [0.2, 0.25) is 0 Å². The molecule has 0 bridgehead atoms. The smallest absolute Gasteiger partial charge is 0.333 e. The first kappa shape index (κ1) is 18.2. The van der Waals surface area contributed by atoms with Gasteiger partial charge in [0.15, 0.2) is 0 Å². The molecule has 19 heavy (non-hydrogen) atoms. The van der Waals surface area contributed by atoms with Crippen LogP contribution in [0, 0.1) is 11.3 Å². The molecular formula is C16H30O3. The molecule has 0 heterocycles. The predicted molar refractivity (Wildman–Crippen MR) is 78.9 cm³/mol. The van der Waals surface area contributed by atoms with Crippen LogP contribution in [0.3, 0.4) is 0 Å². The average molecular weight is 270 g/mol. The Morgan fingerprint density at radius 3 is 2.21 bits per heavy atom. The highest BCUT2D eigenvalue weighted by Gasteiger charge is 2.35. The van der Waals surface area contributed by atoms with E-state index in [1.807, 2.05) is 0 Å². The monoisotopic (exact) mass is 270 g/mol. The van der Waals surface area contributed by atoms with Gasteiger partial charge in [0.05, 0.1) is 5.60 Å². The summed E-state index contributed by atoms with van der Waals surface area (Å²) in [5.74, 6) is -0.328. The summed E-state index contributed by atoms with van der Waals surface area (Å²) in [6.07, 6.45) is 2.84. The largest absolute Gasteiger partial charge is 0.459 e. The summed E-state index contributed by atoms with van der Waals surface area (Å²) < 4.78 is 5.11. The van der Waals surface area contributed by atoms with E-state index in [0.29, 0.717) is 5.57 Å². The van der Waals surface area contributed by atoms with E-state index < -0.39 is 11.6 Å². The molecule has 0 rings (SSSR count). The molecule has 0 aliphatic heterocycles. The maximum atomic E-state index is 11.4. The third-order valence-corrected chi connectivity index (χ3v) is 3.97. The summed E-state index contributed by atoms with van der Waals surface area (Å²) in [7, 11) is 0. The number of rotatable bonds is 8. The normalized spacial score (nSPS) is 16.6. The molecule has 0 aromatic rings. The van der Waals surface area contributed by atoms with Crippen molar-refractivity contribution < 1.29 is 14.6 Å². The summed E-state index contributed by atoms with van der Waals surface area (Å²) in [5, 5.41) is 10.6. The van der Waals surface area contributed by atoms with Crippen LogP contribution in [-0.2, 0) is 9.53 Å². The Balaban J connectivity index is 4.65. The Kier molecular flexibility index (Phi) is 6.78. The highest BCUT2D eigenvalue weighted by atomic mass is 16.5. The van der Waals surface area contributed by atoms with Gasteiger partial charge in [-0.2, -0.15) is 0 Å². The van der Waals surface area contributed by atoms with Gasteiger partial charge in [-0.3, -0.25) is 0 Å². The van der Waals surface area contributed by atoms with E-state index >= 15 is 0 Å². The zero-order valence-electron chi connectivity index (χ0n) is 13.4. The molecule has 0 fully saturated rings. The SMILES string of the molecule is C=C(C)C(=O)OCC(C)(O)C(CC)CC(C)(C)CC. The Morgan fingerprint density at radius 2 is 1.84 bits per heavy atom. The number of carbonyl (C=O) groups is 1. The first-order valence-electron chi connectivity index (χ1n) is 7.10. The Hall–Kier alpha value is -0.830. The van der Waals surface area contributed by atoms with E-state index in [4.69, 9.17) is 4.74 Å². The van der Waals surface area contributed by atoms with Crippen molar-refractivity contribution in [2.75, 3.05) is 6.61 Å². The van der Waals surface area contributed by atoms with Crippen LogP contribution in [0.25, 0.3) is 0 Å². The zero-order chi connectivity index (χ0) is 15.3. The maximum Gasteiger partial charge on any atom is 0.333 e. The minimum absolute atomic E-state index is 0.0248. The van der Waals surface area contributed by atoms with Crippen LogP contribution >= 0.6 is 0 Å². The molecular weight excluding hydrogens is 240 g/mol. The lowest BCUT2D eigenvalue weighted by molar-refractivity contribution is -0.150. The van der Waals surface area contributed by atoms with Crippen molar-refractivity contribution in [1.82, 2.24) is 0 Å². The van der Waals surface area contributed by atoms with Crippen LogP contribution in [-0.4, -0.2) is 23.3 Å². The fraction of sp³-hybridized carbons (Fsp3) is 0.812. The summed E-state index contributed by atoms with van der Waals surface area (Å²) >= 11 is 0. The molecule has 0 saturated carbocycles. The molecule has 2 atom stereocenters. The van der Waals surface area contributed by atoms with Crippen molar-refractivity contribution in [3.63, 3.8) is 0 Å². The van der Waals surface area contributed by atoms with Crippen molar-refractivity contribution in [2.45, 2.75) is 66.4 Å². The minimum Gasteiger partial charge on any atom is -0.459 e. The van der Waals surface area contributed by atoms with Crippen LogP contribution in [0.1, 0.15) is 60.8 Å². The fourth-order valence-electron chi connectivity index (χ4n) is 2.07. The van der Waals surface area contributed by atoms with Gasteiger partial charge in [0.1, 0.15) is 6.61 Å². The molecule has 3 heteroatoms. The van der Waals surface area contributed by atoms with Gasteiger partial charge in [0.25, 0.3) is 0 Å². The molecule has 112 valence electrons. The molecule has 0 spiro atoms. The Bertz CT molecular complexity index is 316. The zero-order valence-corrected chi connectivity index (χ0v) is 13.4. The van der Waals surface area contributed by atoms with E-state index in [1.54, 1.807) is 13.8 Å². The van der Waals surface area contributed by atoms with Gasteiger partial charge < -0.3 is 9.84 Å². The van der Waals surface area contributed by atoms with Gasteiger partial charge in [-0.1, -0.05) is 47.1 Å². The lowest BCUT2D eigenvalue weighted by Crippen LogP contribution is -2.42. The second kappa shape index (κ2) is 7.09. The number of ether oxygens (including phenoxy) is 1. The van der Waals surface area contributed by atoms with Crippen LogP contribution in [0.2, 0.25) is 0 Å². The second-order valence-electron chi connectivity index (χ2n) is 6.54. The molecule has 0 radical (unpaired) electrons. The predicted octanol–water partition coefficient (Wildman–Crippen LogP) is 3.71. The number of hydrogen-bond donors (Lipinski definition) is 1. The Labute approximate surface area is 118 Å². The molecule has 3 nitrogen and oxygen atoms in total. The molecule has 0 aromatic carbocycles. The molecule has 0 aliphatic rings. The van der Waals surface area contributed by atoms with Gasteiger partial charge in [-0.15, -0.1) is 0 Å². The van der Waals surface area contributed by atoms with Gasteiger partial charge in [-0.25, -0.2) is 4.79 Å². The van der Waals surface area contributed by atoms with Crippen molar-refractivity contribution in [3.8, 4) is 0 Å². The van der Waals surface area contributed by atoms with Crippen molar-refractivity contribution in [3.05, 3.63) is 12.2 Å². The molecule has 1 N–H and O–H groups in total. The third-order valence-electron chi connectivity index (χ3n) is 3.97. The minimum atomic E-state index is -0.994. The first-order chi connectivity index (χ1) is 8.55. The van der Waals surface area contributed by atoms with Crippen molar-refractivity contribution >= 4 is 5.97 Å². The van der Waals surface area contributed by atoms with Gasteiger partial charge >= 0.3 is 5.97 Å². The molecule has 0 saturated heterocycles. The number of esters is 1. The standard InChI is InChI=1S/C16H30O3/c1-8-13(10-15(5,6)9-2)16(7,18)11-19-14(17)12(3)4/h13,18H,3,8-11H2,1-2,4-7H3. The average Bonchev–Trinajstić information content (AvgIpc) is 2.32. The fourth-order valence-corrected chi connectivity index (χ4v) is 2.07. The first-order valence-corrected chi connectivity index (χ1v) is 7.10. The van der Waals surface area contributed by atoms with Gasteiger partial charge in [-0.05, 0) is 31.6 Å². The highest BCUT2D eigenvalue weighted by molar-refractivity contribution is 5.86. The highest BCUT2D eigenvalue weighted by Crippen LogP contribution is 2.36. The lowest BCUT2D eigenvalue weighted by Gasteiger charge is -2.37. The lowest BCUT2D eigenvalue weighted by atomic mass is 9.73. The summed E-state index contributed by atoms with van der Waals surface area (Å²) in [6, 6.07) is 0. The van der Waals surface area contributed by atoms with Crippen LogP contribution < -0.4 is 0 Å². The molecule has 0 aliphatic carbocycles. The third kappa shape index (κ3) is 6.24. The topological polar surface area (TPSA) is 46.5 Å². The van der Waals surface area contributed by atoms with E-state index in [0.717, 1.165) is 19.3 Å². The van der Waals surface area contributed by atoms with Crippen LogP contribution in [0.4, 0.5) is 0 Å². The van der Waals surface area contributed by atoms with Gasteiger partial charge in [0, 0.05) is 5.57 Å². The quantitative estimate of drug-likeness (QED) is 0.540. The van der Waals surface area contributed by atoms with Crippen LogP contribution in [0.15, 0.2) is 12.2 Å². The summed E-state index contributed by atoms with van der Waals surface area (Å²) in [5.41, 5.74) is -0.451. The van der Waals surface area contributed by atoms with Crippen LogP contribution in [0.5, 0.6) is 0 Å².